The summed E-state index contributed by atoms with van der Waals surface area (Å²) in [7, 11) is 0. The first-order valence-electron chi connectivity index (χ1n) is 5.89. The molecule has 1 aromatic carbocycles. The number of hydrogen-bond acceptors (Lipinski definition) is 3. The molecule has 1 aliphatic rings. The summed E-state index contributed by atoms with van der Waals surface area (Å²) < 4.78 is 11.8. The number of rotatable bonds is 4. The van der Waals surface area contributed by atoms with E-state index in [1.54, 1.807) is 12.1 Å². The molecule has 0 spiro atoms. The Hall–Kier alpha value is -1.07. The van der Waals surface area contributed by atoms with Crippen molar-refractivity contribution in [2.24, 2.45) is 5.92 Å². The van der Waals surface area contributed by atoms with Gasteiger partial charge in [-0.15, -0.1) is 0 Å². The second-order valence-electron chi connectivity index (χ2n) is 4.28. The van der Waals surface area contributed by atoms with Crippen molar-refractivity contribution in [1.29, 1.82) is 0 Å². The largest absolute Gasteiger partial charge is 0.478 e. The molecule has 1 heterocycles. The number of benzene rings is 1. The first-order valence-corrected chi connectivity index (χ1v) is 6.69. The van der Waals surface area contributed by atoms with E-state index >= 15 is 0 Å². The molecule has 0 aromatic heterocycles. The molecule has 1 N–H and O–H groups in total. The van der Waals surface area contributed by atoms with Gasteiger partial charge in [0.25, 0.3) is 0 Å². The molecule has 1 aromatic rings. The fourth-order valence-electron chi connectivity index (χ4n) is 2.03. The second-order valence-corrected chi connectivity index (χ2v) is 5.20. The van der Waals surface area contributed by atoms with Crippen molar-refractivity contribution < 1.29 is 19.4 Å². The Morgan fingerprint density at radius 1 is 1.33 bits per heavy atom. The highest BCUT2D eigenvalue weighted by Gasteiger charge is 2.31. The minimum Gasteiger partial charge on any atom is -0.478 e. The van der Waals surface area contributed by atoms with E-state index < -0.39 is 12.1 Å². The van der Waals surface area contributed by atoms with E-state index in [4.69, 9.17) is 9.47 Å². The van der Waals surface area contributed by atoms with Crippen LogP contribution in [0.1, 0.15) is 12.8 Å². The van der Waals surface area contributed by atoms with E-state index in [1.165, 1.54) is 0 Å². The molecule has 1 fully saturated rings. The Kier molecular flexibility index (Phi) is 4.60. The van der Waals surface area contributed by atoms with Gasteiger partial charge in [0, 0.05) is 23.6 Å². The number of carbonyl (C=O) groups is 1. The maximum atomic E-state index is 11.3. The van der Waals surface area contributed by atoms with E-state index in [-0.39, 0.29) is 5.92 Å². The smallest absolute Gasteiger partial charge is 0.345 e. The second kappa shape index (κ2) is 6.20. The molecule has 98 valence electrons. The Bertz CT molecular complexity index is 398. The summed E-state index contributed by atoms with van der Waals surface area (Å²) in [4.78, 5) is 11.3. The molecule has 4 nitrogen and oxygen atoms in total. The van der Waals surface area contributed by atoms with E-state index in [1.807, 2.05) is 12.1 Å². The summed E-state index contributed by atoms with van der Waals surface area (Å²) in [5.74, 6) is -0.318. The third-order valence-electron chi connectivity index (χ3n) is 3.01. The number of hydrogen-bond donors (Lipinski definition) is 1. The molecule has 1 atom stereocenters. The van der Waals surface area contributed by atoms with Crippen LogP contribution in [0.5, 0.6) is 5.75 Å². The monoisotopic (exact) mass is 314 g/mol. The summed E-state index contributed by atoms with van der Waals surface area (Å²) in [5.41, 5.74) is 0. The molecule has 1 unspecified atom stereocenters. The molecule has 0 radical (unpaired) electrons. The first kappa shape index (κ1) is 13.4. The average molecular weight is 315 g/mol. The molecular weight excluding hydrogens is 300 g/mol. The van der Waals surface area contributed by atoms with Crippen molar-refractivity contribution >= 4 is 21.9 Å². The third-order valence-corrected chi connectivity index (χ3v) is 3.54. The highest BCUT2D eigenvalue weighted by Crippen LogP contribution is 2.24. The van der Waals surface area contributed by atoms with E-state index in [2.05, 4.69) is 15.9 Å². The maximum Gasteiger partial charge on any atom is 0.345 e. The van der Waals surface area contributed by atoms with Crippen molar-refractivity contribution in [3.63, 3.8) is 0 Å². The van der Waals surface area contributed by atoms with Crippen molar-refractivity contribution in [3.8, 4) is 5.75 Å². The van der Waals surface area contributed by atoms with Gasteiger partial charge in [0.2, 0.25) is 0 Å². The quantitative estimate of drug-likeness (QED) is 0.928. The van der Waals surface area contributed by atoms with E-state index in [0.29, 0.717) is 19.0 Å². The zero-order chi connectivity index (χ0) is 13.0. The fraction of sp³-hybridized carbons (Fsp3) is 0.462. The van der Waals surface area contributed by atoms with Gasteiger partial charge in [-0.3, -0.25) is 0 Å². The van der Waals surface area contributed by atoms with Crippen LogP contribution in [0.2, 0.25) is 0 Å². The van der Waals surface area contributed by atoms with Crippen molar-refractivity contribution in [1.82, 2.24) is 0 Å². The van der Waals surface area contributed by atoms with Gasteiger partial charge < -0.3 is 14.6 Å². The Morgan fingerprint density at radius 2 is 1.94 bits per heavy atom. The minimum atomic E-state index is -0.912. The van der Waals surface area contributed by atoms with E-state index in [9.17, 15) is 9.90 Å². The number of carboxylic acids is 1. The van der Waals surface area contributed by atoms with Gasteiger partial charge in [-0.2, -0.15) is 0 Å². The van der Waals surface area contributed by atoms with Crippen LogP contribution in [0.4, 0.5) is 0 Å². The van der Waals surface area contributed by atoms with Gasteiger partial charge in [0.05, 0.1) is 0 Å². The van der Waals surface area contributed by atoms with Gasteiger partial charge in [-0.05, 0) is 37.1 Å². The molecular formula is C13H15BrO4. The summed E-state index contributed by atoms with van der Waals surface area (Å²) in [6.45, 7) is 1.22. The number of halogens is 1. The Morgan fingerprint density at radius 3 is 2.50 bits per heavy atom. The Labute approximate surface area is 114 Å². The number of carboxylic acid groups (broad SMARTS) is 1. The van der Waals surface area contributed by atoms with Crippen LogP contribution in [0.25, 0.3) is 0 Å². The van der Waals surface area contributed by atoms with Gasteiger partial charge in [0.1, 0.15) is 5.75 Å². The normalized spacial score (nSPS) is 18.3. The first-order chi connectivity index (χ1) is 8.66. The summed E-state index contributed by atoms with van der Waals surface area (Å²) in [5, 5.41) is 9.27. The van der Waals surface area contributed by atoms with Gasteiger partial charge in [-0.1, -0.05) is 15.9 Å². The molecule has 0 bridgehead atoms. The lowest BCUT2D eigenvalue weighted by Gasteiger charge is -2.27. The molecule has 5 heteroatoms. The topological polar surface area (TPSA) is 55.8 Å². The fourth-order valence-corrected chi connectivity index (χ4v) is 2.29. The predicted octanol–water partition coefficient (Wildman–Crippen LogP) is 2.71. The lowest BCUT2D eigenvalue weighted by molar-refractivity contribution is -0.149. The molecule has 2 rings (SSSR count). The summed E-state index contributed by atoms with van der Waals surface area (Å²) in [6.07, 6.45) is 0.663. The average Bonchev–Trinajstić information content (AvgIpc) is 2.38. The van der Waals surface area contributed by atoms with Crippen LogP contribution in [-0.4, -0.2) is 30.4 Å². The van der Waals surface area contributed by atoms with Gasteiger partial charge in [-0.25, -0.2) is 4.79 Å². The molecule has 1 saturated heterocycles. The van der Waals surface area contributed by atoms with Crippen LogP contribution < -0.4 is 4.74 Å². The zero-order valence-corrected chi connectivity index (χ0v) is 11.4. The molecule has 18 heavy (non-hydrogen) atoms. The highest BCUT2D eigenvalue weighted by atomic mass is 79.9. The lowest BCUT2D eigenvalue weighted by Crippen LogP contribution is -2.38. The van der Waals surface area contributed by atoms with Gasteiger partial charge >= 0.3 is 5.97 Å². The van der Waals surface area contributed by atoms with E-state index in [0.717, 1.165) is 17.3 Å². The predicted molar refractivity (Wildman–Crippen MR) is 69.7 cm³/mol. The number of aliphatic carboxylic acids is 1. The van der Waals surface area contributed by atoms with Crippen LogP contribution in [0.3, 0.4) is 0 Å². The van der Waals surface area contributed by atoms with Crippen LogP contribution in [-0.2, 0) is 9.53 Å². The van der Waals surface area contributed by atoms with Crippen LogP contribution in [0.15, 0.2) is 28.7 Å². The summed E-state index contributed by atoms with van der Waals surface area (Å²) >= 11 is 3.33. The summed E-state index contributed by atoms with van der Waals surface area (Å²) in [6, 6.07) is 7.19. The molecule has 0 amide bonds. The van der Waals surface area contributed by atoms with Crippen LogP contribution >= 0.6 is 15.9 Å². The van der Waals surface area contributed by atoms with Crippen LogP contribution in [0, 0.1) is 5.92 Å². The van der Waals surface area contributed by atoms with Gasteiger partial charge in [0.15, 0.2) is 6.10 Å². The minimum absolute atomic E-state index is 0.0138. The molecule has 0 aliphatic carbocycles. The number of ether oxygens (including phenoxy) is 2. The molecule has 1 aliphatic heterocycles. The highest BCUT2D eigenvalue weighted by molar-refractivity contribution is 9.10. The molecule has 0 saturated carbocycles. The zero-order valence-electron chi connectivity index (χ0n) is 9.84. The third kappa shape index (κ3) is 3.46. The van der Waals surface area contributed by atoms with Crippen molar-refractivity contribution in [3.05, 3.63) is 28.7 Å². The maximum absolute atomic E-state index is 11.3. The van der Waals surface area contributed by atoms with Crippen molar-refractivity contribution in [2.75, 3.05) is 13.2 Å². The standard InChI is InChI=1S/C13H15BrO4/c14-10-1-3-11(4-2-10)18-12(13(15)16)9-5-7-17-8-6-9/h1-4,9,12H,5-8H2,(H,15,16). The SMILES string of the molecule is O=C(O)C(Oc1ccc(Br)cc1)C1CCOCC1. The lowest BCUT2D eigenvalue weighted by atomic mass is 9.94. The van der Waals surface area contributed by atoms with Crippen molar-refractivity contribution in [2.45, 2.75) is 18.9 Å². The Balaban J connectivity index is 2.05.